The second-order valence-electron chi connectivity index (χ2n) is 4.69. The van der Waals surface area contributed by atoms with Gasteiger partial charge in [-0.2, -0.15) is 16.1 Å². The van der Waals surface area contributed by atoms with E-state index in [2.05, 4.69) is 0 Å². The molecule has 108 valence electrons. The Kier molecular flexibility index (Phi) is 4.55. The lowest BCUT2D eigenvalue weighted by Crippen LogP contribution is -2.37. The smallest absolute Gasteiger partial charge is 0.246 e. The van der Waals surface area contributed by atoms with Gasteiger partial charge < -0.3 is 4.42 Å². The standard InChI is InChI=1S/C12H18ClNO3S2/c1-8-11(6-13)12(9(2)17-8)19(15,16)14(3)10-4-5-18-7-10/h10H,4-7H2,1-3H3. The summed E-state index contributed by atoms with van der Waals surface area (Å²) in [5, 5.41) is 0. The molecule has 0 N–H and O–H groups in total. The highest BCUT2D eigenvalue weighted by Crippen LogP contribution is 2.32. The Hall–Kier alpha value is -0.170. The first kappa shape index (κ1) is 15.2. The summed E-state index contributed by atoms with van der Waals surface area (Å²) in [4.78, 5) is 0.249. The van der Waals surface area contributed by atoms with Crippen molar-refractivity contribution in [1.29, 1.82) is 0 Å². The van der Waals surface area contributed by atoms with Crippen LogP contribution < -0.4 is 0 Å². The van der Waals surface area contributed by atoms with Crippen LogP contribution in [0.3, 0.4) is 0 Å². The number of nitrogens with zero attached hydrogens (tertiary/aromatic N) is 1. The zero-order chi connectivity index (χ0) is 14.2. The van der Waals surface area contributed by atoms with Gasteiger partial charge in [-0.15, -0.1) is 11.6 Å². The number of sulfonamides is 1. The first-order chi connectivity index (χ1) is 8.89. The lowest BCUT2D eigenvalue weighted by molar-refractivity contribution is 0.393. The highest BCUT2D eigenvalue weighted by atomic mass is 35.5. The van der Waals surface area contributed by atoms with E-state index in [0.29, 0.717) is 17.1 Å². The molecule has 1 aromatic heterocycles. The number of hydrogen-bond donors (Lipinski definition) is 0. The van der Waals surface area contributed by atoms with Crippen LogP contribution in [0.25, 0.3) is 0 Å². The third-order valence-electron chi connectivity index (χ3n) is 3.52. The quantitative estimate of drug-likeness (QED) is 0.799. The summed E-state index contributed by atoms with van der Waals surface area (Å²) < 4.78 is 32.4. The first-order valence-electron chi connectivity index (χ1n) is 6.10. The molecule has 0 amide bonds. The predicted octanol–water partition coefficient (Wildman–Crippen LogP) is 2.76. The van der Waals surface area contributed by atoms with Crippen LogP contribution in [0.15, 0.2) is 9.31 Å². The van der Waals surface area contributed by atoms with Crippen LogP contribution in [0.1, 0.15) is 23.5 Å². The van der Waals surface area contributed by atoms with Crippen molar-refractivity contribution in [3.8, 4) is 0 Å². The van der Waals surface area contributed by atoms with E-state index in [1.807, 2.05) is 0 Å². The average molecular weight is 324 g/mol. The zero-order valence-corrected chi connectivity index (χ0v) is 13.7. The normalized spacial score (nSPS) is 20.4. The largest absolute Gasteiger partial charge is 0.465 e. The van der Waals surface area contributed by atoms with E-state index < -0.39 is 10.0 Å². The number of aryl methyl sites for hydroxylation is 2. The fraction of sp³-hybridized carbons (Fsp3) is 0.667. The highest BCUT2D eigenvalue weighted by molar-refractivity contribution is 7.99. The van der Waals surface area contributed by atoms with E-state index >= 15 is 0 Å². The van der Waals surface area contributed by atoms with Gasteiger partial charge in [-0.25, -0.2) is 8.42 Å². The molecule has 1 saturated heterocycles. The minimum Gasteiger partial charge on any atom is -0.465 e. The van der Waals surface area contributed by atoms with Crippen LogP contribution in [0, 0.1) is 13.8 Å². The van der Waals surface area contributed by atoms with Gasteiger partial charge in [0.15, 0.2) is 0 Å². The minimum absolute atomic E-state index is 0.0628. The van der Waals surface area contributed by atoms with Crippen molar-refractivity contribution in [3.63, 3.8) is 0 Å². The summed E-state index contributed by atoms with van der Waals surface area (Å²) in [5.74, 6) is 3.01. The number of thioether (sulfide) groups is 1. The molecule has 0 radical (unpaired) electrons. The predicted molar refractivity (Wildman–Crippen MR) is 78.4 cm³/mol. The van der Waals surface area contributed by atoms with Crippen molar-refractivity contribution >= 4 is 33.4 Å². The Morgan fingerprint density at radius 2 is 2.11 bits per heavy atom. The van der Waals surface area contributed by atoms with Gasteiger partial charge in [0, 0.05) is 24.4 Å². The Balaban J connectivity index is 2.44. The number of rotatable bonds is 4. The highest BCUT2D eigenvalue weighted by Gasteiger charge is 2.35. The van der Waals surface area contributed by atoms with E-state index in [4.69, 9.17) is 16.0 Å². The molecular weight excluding hydrogens is 306 g/mol. The van der Waals surface area contributed by atoms with Crippen molar-refractivity contribution in [1.82, 2.24) is 4.31 Å². The van der Waals surface area contributed by atoms with Gasteiger partial charge in [0.25, 0.3) is 0 Å². The van der Waals surface area contributed by atoms with E-state index in [0.717, 1.165) is 17.9 Å². The summed E-state index contributed by atoms with van der Waals surface area (Å²) in [6, 6.07) is 0.0628. The number of hydrogen-bond acceptors (Lipinski definition) is 4. The van der Waals surface area contributed by atoms with Gasteiger partial charge in [0.05, 0.1) is 5.88 Å². The molecule has 1 aromatic rings. The van der Waals surface area contributed by atoms with Crippen molar-refractivity contribution in [2.75, 3.05) is 18.6 Å². The molecule has 0 aromatic carbocycles. The molecule has 2 rings (SSSR count). The fourth-order valence-corrected chi connectivity index (χ4v) is 5.91. The third kappa shape index (κ3) is 2.68. The fourth-order valence-electron chi connectivity index (χ4n) is 2.35. The molecule has 1 fully saturated rings. The summed E-state index contributed by atoms with van der Waals surface area (Å²) in [5.41, 5.74) is 0.580. The second kappa shape index (κ2) is 5.68. The van der Waals surface area contributed by atoms with Gasteiger partial charge in [-0.3, -0.25) is 0 Å². The molecule has 0 aliphatic carbocycles. The molecular formula is C12H18ClNO3S2. The summed E-state index contributed by atoms with van der Waals surface area (Å²) in [7, 11) is -1.89. The molecule has 0 saturated carbocycles. The molecule has 2 heterocycles. The van der Waals surface area contributed by atoms with Gasteiger partial charge >= 0.3 is 0 Å². The van der Waals surface area contributed by atoms with Crippen LogP contribution >= 0.6 is 23.4 Å². The molecule has 0 spiro atoms. The van der Waals surface area contributed by atoms with Crippen molar-refractivity contribution in [2.45, 2.75) is 37.1 Å². The summed E-state index contributed by atoms with van der Waals surface area (Å²) in [6.07, 6.45) is 0.895. The first-order valence-corrected chi connectivity index (χ1v) is 9.23. The molecule has 19 heavy (non-hydrogen) atoms. The van der Waals surface area contributed by atoms with Crippen LogP contribution in [0.4, 0.5) is 0 Å². The van der Waals surface area contributed by atoms with Gasteiger partial charge in [0.1, 0.15) is 16.4 Å². The van der Waals surface area contributed by atoms with Crippen LogP contribution in [-0.4, -0.2) is 37.3 Å². The van der Waals surface area contributed by atoms with E-state index in [9.17, 15) is 8.42 Å². The maximum Gasteiger partial charge on any atom is 0.246 e. The topological polar surface area (TPSA) is 50.5 Å². The lowest BCUT2D eigenvalue weighted by Gasteiger charge is -2.23. The molecule has 7 heteroatoms. The monoisotopic (exact) mass is 323 g/mol. The Morgan fingerprint density at radius 1 is 1.42 bits per heavy atom. The van der Waals surface area contributed by atoms with Crippen molar-refractivity contribution in [2.24, 2.45) is 0 Å². The molecule has 0 bridgehead atoms. The third-order valence-corrected chi connectivity index (χ3v) is 7.03. The minimum atomic E-state index is -3.53. The maximum atomic E-state index is 12.7. The van der Waals surface area contributed by atoms with Crippen LogP contribution in [-0.2, 0) is 15.9 Å². The molecule has 1 aliphatic heterocycles. The molecule has 1 aliphatic rings. The molecule has 1 atom stereocenters. The second-order valence-corrected chi connectivity index (χ2v) is 8.05. The number of halogens is 1. The summed E-state index contributed by atoms with van der Waals surface area (Å²) in [6.45, 7) is 3.42. The van der Waals surface area contributed by atoms with E-state index in [1.54, 1.807) is 32.7 Å². The Labute approximate surface area is 123 Å². The van der Waals surface area contributed by atoms with Gasteiger partial charge in [0.2, 0.25) is 10.0 Å². The summed E-state index contributed by atoms with van der Waals surface area (Å²) >= 11 is 7.66. The van der Waals surface area contributed by atoms with E-state index in [-0.39, 0.29) is 16.8 Å². The maximum absolute atomic E-state index is 12.7. The van der Waals surface area contributed by atoms with E-state index in [1.165, 1.54) is 4.31 Å². The Bertz CT molecular complexity index is 562. The average Bonchev–Trinajstić information content (AvgIpc) is 2.95. The molecule has 4 nitrogen and oxygen atoms in total. The zero-order valence-electron chi connectivity index (χ0n) is 11.3. The van der Waals surface area contributed by atoms with Crippen molar-refractivity contribution in [3.05, 3.63) is 17.1 Å². The number of alkyl halides is 1. The lowest BCUT2D eigenvalue weighted by atomic mass is 10.3. The Morgan fingerprint density at radius 3 is 2.63 bits per heavy atom. The SMILES string of the molecule is Cc1oc(C)c(S(=O)(=O)N(C)C2CCSC2)c1CCl. The number of furan rings is 1. The van der Waals surface area contributed by atoms with Gasteiger partial charge in [-0.1, -0.05) is 0 Å². The van der Waals surface area contributed by atoms with Crippen LogP contribution in [0.5, 0.6) is 0 Å². The van der Waals surface area contributed by atoms with Gasteiger partial charge in [-0.05, 0) is 26.0 Å². The van der Waals surface area contributed by atoms with Crippen LogP contribution in [0.2, 0.25) is 0 Å². The molecule has 1 unspecified atom stereocenters. The van der Waals surface area contributed by atoms with Crippen molar-refractivity contribution < 1.29 is 12.8 Å².